The first-order valence-corrected chi connectivity index (χ1v) is 9.33. The number of carbonyl (C=O) groups excluding carboxylic acids is 2. The molecular formula is C22H24N2O3. The molecule has 0 fully saturated rings. The highest BCUT2D eigenvalue weighted by Crippen LogP contribution is 2.30. The summed E-state index contributed by atoms with van der Waals surface area (Å²) < 4.78 is 5.55. The van der Waals surface area contributed by atoms with Crippen LogP contribution >= 0.6 is 0 Å². The molecule has 3 rings (SSSR count). The topological polar surface area (TPSA) is 72.2 Å². The molecule has 0 spiro atoms. The van der Waals surface area contributed by atoms with E-state index in [1.165, 1.54) is 0 Å². The zero-order valence-electron chi connectivity index (χ0n) is 15.9. The average molecular weight is 364 g/mol. The number of para-hydroxylation sites is 3. The number of carbonyl (C=O) groups is 2. The number of nitrogens with one attached hydrogen (secondary N) is 1. The van der Waals surface area contributed by atoms with Crippen molar-refractivity contribution in [3.8, 4) is 0 Å². The summed E-state index contributed by atoms with van der Waals surface area (Å²) in [6.07, 6.45) is 1.57. The third kappa shape index (κ3) is 4.08. The van der Waals surface area contributed by atoms with E-state index in [4.69, 9.17) is 4.42 Å². The summed E-state index contributed by atoms with van der Waals surface area (Å²) in [4.78, 5) is 29.2. The van der Waals surface area contributed by atoms with E-state index in [9.17, 15) is 9.59 Å². The SMILES string of the molecule is CCc1cccc(C(C)CC)c1NC(=O)C(=O)Cc1nc2ccccc2o1. The normalized spacial score (nSPS) is 12.1. The van der Waals surface area contributed by atoms with Crippen LogP contribution in [0, 0.1) is 0 Å². The van der Waals surface area contributed by atoms with Gasteiger partial charge in [0.25, 0.3) is 5.91 Å². The number of ketones is 1. The third-order valence-corrected chi connectivity index (χ3v) is 4.85. The minimum Gasteiger partial charge on any atom is -0.440 e. The van der Waals surface area contributed by atoms with Gasteiger partial charge < -0.3 is 9.73 Å². The lowest BCUT2D eigenvalue weighted by Gasteiger charge is -2.18. The second kappa shape index (κ2) is 8.16. The van der Waals surface area contributed by atoms with Gasteiger partial charge in [-0.25, -0.2) is 4.98 Å². The molecule has 0 saturated heterocycles. The fourth-order valence-electron chi connectivity index (χ4n) is 3.09. The van der Waals surface area contributed by atoms with E-state index < -0.39 is 11.7 Å². The van der Waals surface area contributed by atoms with E-state index in [0.29, 0.717) is 17.0 Å². The van der Waals surface area contributed by atoms with Gasteiger partial charge in [-0.05, 0) is 42.0 Å². The molecule has 5 nitrogen and oxygen atoms in total. The van der Waals surface area contributed by atoms with E-state index in [-0.39, 0.29) is 12.3 Å². The number of nitrogens with zero attached hydrogens (tertiary/aromatic N) is 1. The van der Waals surface area contributed by atoms with Crippen LogP contribution in [-0.2, 0) is 22.4 Å². The first-order valence-electron chi connectivity index (χ1n) is 9.33. The zero-order valence-corrected chi connectivity index (χ0v) is 15.9. The largest absolute Gasteiger partial charge is 0.440 e. The van der Waals surface area contributed by atoms with Crippen molar-refractivity contribution in [2.24, 2.45) is 0 Å². The molecule has 0 saturated carbocycles. The molecule has 1 atom stereocenters. The predicted molar refractivity (Wildman–Crippen MR) is 106 cm³/mol. The van der Waals surface area contributed by atoms with Crippen molar-refractivity contribution in [3.05, 3.63) is 59.5 Å². The standard InChI is InChI=1S/C22H24N2O3/c1-4-14(3)16-10-8-9-15(5-2)21(16)24-22(26)18(25)13-20-23-17-11-6-7-12-19(17)27-20/h6-12,14H,4-5,13H2,1-3H3,(H,24,26). The summed E-state index contributed by atoms with van der Waals surface area (Å²) in [7, 11) is 0. The van der Waals surface area contributed by atoms with Crippen LogP contribution in [0.15, 0.2) is 46.9 Å². The van der Waals surface area contributed by atoms with Gasteiger partial charge in [-0.1, -0.05) is 51.1 Å². The average Bonchev–Trinajstić information content (AvgIpc) is 3.09. The van der Waals surface area contributed by atoms with Crippen LogP contribution in [0.25, 0.3) is 11.1 Å². The van der Waals surface area contributed by atoms with E-state index in [2.05, 4.69) is 24.1 Å². The number of hydrogen-bond acceptors (Lipinski definition) is 4. The van der Waals surface area contributed by atoms with Gasteiger partial charge in [-0.15, -0.1) is 0 Å². The summed E-state index contributed by atoms with van der Waals surface area (Å²) in [6, 6.07) is 13.3. The van der Waals surface area contributed by atoms with Gasteiger partial charge in [0.15, 0.2) is 5.58 Å². The Bertz CT molecular complexity index is 942. The Kier molecular flexibility index (Phi) is 5.69. The van der Waals surface area contributed by atoms with Crippen molar-refractivity contribution in [1.82, 2.24) is 4.98 Å². The van der Waals surface area contributed by atoms with Crippen LogP contribution in [0.5, 0.6) is 0 Å². The van der Waals surface area contributed by atoms with Gasteiger partial charge in [0.05, 0.1) is 6.42 Å². The van der Waals surface area contributed by atoms with Crippen molar-refractivity contribution in [2.75, 3.05) is 5.32 Å². The highest BCUT2D eigenvalue weighted by molar-refractivity contribution is 6.41. The lowest BCUT2D eigenvalue weighted by Crippen LogP contribution is -2.26. The summed E-state index contributed by atoms with van der Waals surface area (Å²) >= 11 is 0. The van der Waals surface area contributed by atoms with Gasteiger partial charge in [-0.3, -0.25) is 9.59 Å². The van der Waals surface area contributed by atoms with E-state index >= 15 is 0 Å². The van der Waals surface area contributed by atoms with Gasteiger partial charge in [0.1, 0.15) is 5.52 Å². The molecule has 1 N–H and O–H groups in total. The number of Topliss-reactive ketones (excluding diaryl/α,β-unsaturated/α-hetero) is 1. The zero-order chi connectivity index (χ0) is 19.4. The van der Waals surface area contributed by atoms with Crippen molar-refractivity contribution in [3.63, 3.8) is 0 Å². The molecule has 0 aliphatic carbocycles. The predicted octanol–water partition coefficient (Wildman–Crippen LogP) is 4.65. The molecule has 0 bridgehead atoms. The number of rotatable bonds is 7. The Balaban J connectivity index is 1.79. The molecule has 0 aliphatic rings. The molecule has 0 radical (unpaired) electrons. The van der Waals surface area contributed by atoms with E-state index in [0.717, 1.165) is 29.7 Å². The van der Waals surface area contributed by atoms with Crippen LogP contribution in [0.2, 0.25) is 0 Å². The number of hydrogen-bond donors (Lipinski definition) is 1. The molecule has 1 amide bonds. The van der Waals surface area contributed by atoms with E-state index in [1.54, 1.807) is 6.07 Å². The van der Waals surface area contributed by atoms with Gasteiger partial charge >= 0.3 is 0 Å². The monoisotopic (exact) mass is 364 g/mol. The molecule has 27 heavy (non-hydrogen) atoms. The minimum absolute atomic E-state index is 0.159. The number of aryl methyl sites for hydroxylation is 1. The number of aromatic nitrogens is 1. The van der Waals surface area contributed by atoms with Crippen LogP contribution in [0.1, 0.15) is 50.1 Å². The molecule has 0 aliphatic heterocycles. The Morgan fingerprint density at radius 2 is 1.89 bits per heavy atom. The number of fused-ring (bicyclic) bond motifs is 1. The minimum atomic E-state index is -0.636. The second-order valence-corrected chi connectivity index (χ2v) is 6.67. The van der Waals surface area contributed by atoms with Gasteiger partial charge in [0, 0.05) is 5.69 Å². The van der Waals surface area contributed by atoms with Crippen LogP contribution in [0.4, 0.5) is 5.69 Å². The maximum Gasteiger partial charge on any atom is 0.292 e. The maximum absolute atomic E-state index is 12.5. The molecular weight excluding hydrogens is 340 g/mol. The molecule has 1 aromatic heterocycles. The number of amides is 1. The Morgan fingerprint density at radius 3 is 2.59 bits per heavy atom. The highest BCUT2D eigenvalue weighted by Gasteiger charge is 2.21. The summed E-state index contributed by atoms with van der Waals surface area (Å²) in [6.45, 7) is 6.25. The maximum atomic E-state index is 12.5. The Morgan fingerprint density at radius 1 is 1.11 bits per heavy atom. The Hall–Kier alpha value is -2.95. The molecule has 3 aromatic rings. The van der Waals surface area contributed by atoms with Crippen molar-refractivity contribution in [1.29, 1.82) is 0 Å². The van der Waals surface area contributed by atoms with Crippen LogP contribution < -0.4 is 5.32 Å². The highest BCUT2D eigenvalue weighted by atomic mass is 16.3. The Labute approximate surface area is 158 Å². The molecule has 140 valence electrons. The lowest BCUT2D eigenvalue weighted by atomic mass is 9.93. The lowest BCUT2D eigenvalue weighted by molar-refractivity contribution is -0.134. The van der Waals surface area contributed by atoms with Crippen molar-refractivity contribution >= 4 is 28.5 Å². The molecule has 5 heteroatoms. The number of oxazole rings is 1. The number of anilines is 1. The summed E-state index contributed by atoms with van der Waals surface area (Å²) in [5, 5.41) is 2.84. The first kappa shape index (κ1) is 18.8. The summed E-state index contributed by atoms with van der Waals surface area (Å²) in [5.41, 5.74) is 4.12. The first-order chi connectivity index (χ1) is 13.0. The second-order valence-electron chi connectivity index (χ2n) is 6.67. The molecule has 1 unspecified atom stereocenters. The van der Waals surface area contributed by atoms with Gasteiger partial charge in [0.2, 0.25) is 11.7 Å². The van der Waals surface area contributed by atoms with Crippen molar-refractivity contribution < 1.29 is 14.0 Å². The molecule has 1 heterocycles. The van der Waals surface area contributed by atoms with Crippen LogP contribution in [-0.4, -0.2) is 16.7 Å². The summed E-state index contributed by atoms with van der Waals surface area (Å²) in [5.74, 6) is -0.661. The smallest absolute Gasteiger partial charge is 0.292 e. The molecule has 2 aromatic carbocycles. The number of benzene rings is 2. The quantitative estimate of drug-likeness (QED) is 0.619. The fraction of sp³-hybridized carbons (Fsp3) is 0.318. The van der Waals surface area contributed by atoms with Crippen LogP contribution in [0.3, 0.4) is 0 Å². The fourth-order valence-corrected chi connectivity index (χ4v) is 3.09. The van der Waals surface area contributed by atoms with Crippen molar-refractivity contribution in [2.45, 2.75) is 46.0 Å². The van der Waals surface area contributed by atoms with E-state index in [1.807, 2.05) is 43.3 Å². The van der Waals surface area contributed by atoms with Gasteiger partial charge in [-0.2, -0.15) is 0 Å². The third-order valence-electron chi connectivity index (χ3n) is 4.85.